The Hall–Kier alpha value is -3.07. The average Bonchev–Trinajstić information content (AvgIpc) is 2.67. The Morgan fingerprint density at radius 3 is 2.48 bits per heavy atom. The number of nitrogens with one attached hydrogen (secondary N) is 1. The minimum Gasteiger partial charge on any atom is -0.496 e. The highest BCUT2D eigenvalue weighted by molar-refractivity contribution is 9.10. The first kappa shape index (κ1) is 20.7. The molecular formula is C20H14BrF3N2O3. The molecule has 0 saturated heterocycles. The van der Waals surface area contributed by atoms with Gasteiger partial charge < -0.3 is 14.8 Å². The van der Waals surface area contributed by atoms with Crippen LogP contribution in [0.2, 0.25) is 0 Å². The van der Waals surface area contributed by atoms with Crippen LogP contribution in [-0.2, 0) is 6.18 Å². The van der Waals surface area contributed by atoms with Crippen molar-refractivity contribution >= 4 is 27.7 Å². The van der Waals surface area contributed by atoms with Crippen LogP contribution < -0.4 is 14.8 Å². The average molecular weight is 467 g/mol. The summed E-state index contributed by atoms with van der Waals surface area (Å²) in [4.78, 5) is 16.5. The molecule has 0 atom stereocenters. The van der Waals surface area contributed by atoms with E-state index in [1.165, 1.54) is 31.4 Å². The highest BCUT2D eigenvalue weighted by Crippen LogP contribution is 2.33. The zero-order chi connectivity index (χ0) is 21.0. The summed E-state index contributed by atoms with van der Waals surface area (Å²) in [5.41, 5.74) is -0.453. The lowest BCUT2D eigenvalue weighted by atomic mass is 10.2. The summed E-state index contributed by atoms with van der Waals surface area (Å²) >= 11 is 3.29. The number of carbonyl (C=O) groups is 1. The molecule has 150 valence electrons. The van der Waals surface area contributed by atoms with Crippen LogP contribution in [0.5, 0.6) is 17.4 Å². The van der Waals surface area contributed by atoms with Crippen LogP contribution in [0, 0.1) is 0 Å². The molecule has 29 heavy (non-hydrogen) atoms. The van der Waals surface area contributed by atoms with Gasteiger partial charge in [0.25, 0.3) is 5.91 Å². The third kappa shape index (κ3) is 5.47. The summed E-state index contributed by atoms with van der Waals surface area (Å²) in [6, 6.07) is 14.0. The lowest BCUT2D eigenvalue weighted by Crippen LogP contribution is -2.13. The number of pyridine rings is 1. The quantitative estimate of drug-likeness (QED) is 0.507. The van der Waals surface area contributed by atoms with Gasteiger partial charge in [0, 0.05) is 22.2 Å². The highest BCUT2D eigenvalue weighted by atomic mass is 79.9. The Bertz CT molecular complexity index is 1040. The predicted octanol–water partition coefficient (Wildman–Crippen LogP) is 5.92. The molecule has 0 saturated carbocycles. The highest BCUT2D eigenvalue weighted by Gasteiger charge is 2.30. The monoisotopic (exact) mass is 466 g/mol. The molecule has 0 aliphatic heterocycles. The fourth-order valence-electron chi connectivity index (χ4n) is 2.39. The van der Waals surface area contributed by atoms with Gasteiger partial charge in [0.1, 0.15) is 17.3 Å². The maximum absolute atomic E-state index is 12.9. The van der Waals surface area contributed by atoms with Crippen LogP contribution >= 0.6 is 15.9 Å². The topological polar surface area (TPSA) is 60.5 Å². The van der Waals surface area contributed by atoms with Gasteiger partial charge >= 0.3 is 6.18 Å². The number of anilines is 1. The number of hydrogen-bond donors (Lipinski definition) is 1. The van der Waals surface area contributed by atoms with Crippen LogP contribution in [0.25, 0.3) is 0 Å². The zero-order valence-corrected chi connectivity index (χ0v) is 16.5. The van der Waals surface area contributed by atoms with Crippen molar-refractivity contribution in [2.45, 2.75) is 6.18 Å². The third-order valence-electron chi connectivity index (χ3n) is 3.72. The molecule has 0 aliphatic carbocycles. The molecule has 0 radical (unpaired) electrons. The second kappa shape index (κ2) is 8.52. The molecule has 3 rings (SSSR count). The van der Waals surface area contributed by atoms with E-state index >= 15 is 0 Å². The molecule has 0 unspecified atom stereocenters. The van der Waals surface area contributed by atoms with Crippen molar-refractivity contribution in [3.8, 4) is 17.4 Å². The standard InChI is InChI=1S/C20H14BrF3N2O3/c1-28-16-10-17(26-19(27)12-4-2-6-14(21)8-12)25-18(11-16)29-15-7-3-5-13(9-15)20(22,23)24/h2-11H,1H3,(H,25,26,27). The number of ether oxygens (including phenoxy) is 2. The smallest absolute Gasteiger partial charge is 0.416 e. The zero-order valence-electron chi connectivity index (χ0n) is 15.0. The maximum Gasteiger partial charge on any atom is 0.416 e. The largest absolute Gasteiger partial charge is 0.496 e. The normalized spacial score (nSPS) is 11.1. The number of benzene rings is 2. The SMILES string of the molecule is COc1cc(NC(=O)c2cccc(Br)c2)nc(Oc2cccc(C(F)(F)F)c2)c1. The van der Waals surface area contributed by atoms with Gasteiger partial charge in [-0.1, -0.05) is 28.1 Å². The van der Waals surface area contributed by atoms with Gasteiger partial charge in [-0.05, 0) is 36.4 Å². The number of alkyl halides is 3. The van der Waals surface area contributed by atoms with Gasteiger partial charge in [0.2, 0.25) is 5.88 Å². The third-order valence-corrected chi connectivity index (χ3v) is 4.22. The van der Waals surface area contributed by atoms with E-state index in [0.29, 0.717) is 11.3 Å². The van der Waals surface area contributed by atoms with Crippen LogP contribution in [0.15, 0.2) is 65.1 Å². The Morgan fingerprint density at radius 2 is 1.79 bits per heavy atom. The summed E-state index contributed by atoms with van der Waals surface area (Å²) in [5, 5.41) is 2.61. The number of aromatic nitrogens is 1. The van der Waals surface area contributed by atoms with Gasteiger partial charge in [-0.2, -0.15) is 18.2 Å². The molecule has 0 fully saturated rings. The number of halogens is 4. The number of nitrogens with zero attached hydrogens (tertiary/aromatic N) is 1. The van der Waals surface area contributed by atoms with E-state index in [4.69, 9.17) is 9.47 Å². The number of rotatable bonds is 5. The van der Waals surface area contributed by atoms with Crippen molar-refractivity contribution in [1.29, 1.82) is 0 Å². The molecule has 3 aromatic rings. The molecule has 0 bridgehead atoms. The second-order valence-corrected chi connectivity index (χ2v) is 6.74. The molecule has 0 aliphatic rings. The number of carbonyl (C=O) groups excluding carboxylic acids is 1. The minimum absolute atomic E-state index is 0.0341. The fraction of sp³-hybridized carbons (Fsp3) is 0.100. The van der Waals surface area contributed by atoms with E-state index in [9.17, 15) is 18.0 Å². The molecule has 1 N–H and O–H groups in total. The first-order valence-electron chi connectivity index (χ1n) is 8.23. The van der Waals surface area contributed by atoms with Crippen LogP contribution in [-0.4, -0.2) is 18.0 Å². The molecule has 9 heteroatoms. The number of amides is 1. The Kier molecular flexibility index (Phi) is 6.07. The van der Waals surface area contributed by atoms with Crippen molar-refractivity contribution in [1.82, 2.24) is 4.98 Å². The van der Waals surface area contributed by atoms with E-state index in [0.717, 1.165) is 16.6 Å². The molecule has 1 aromatic heterocycles. The van der Waals surface area contributed by atoms with Crippen molar-refractivity contribution in [3.63, 3.8) is 0 Å². The minimum atomic E-state index is -4.50. The fourth-order valence-corrected chi connectivity index (χ4v) is 2.79. The van der Waals surface area contributed by atoms with Gasteiger partial charge in [0.15, 0.2) is 0 Å². The van der Waals surface area contributed by atoms with E-state index in [-0.39, 0.29) is 17.4 Å². The van der Waals surface area contributed by atoms with Crippen LogP contribution in [0.4, 0.5) is 19.0 Å². The number of hydrogen-bond acceptors (Lipinski definition) is 4. The van der Waals surface area contributed by atoms with E-state index in [1.54, 1.807) is 24.3 Å². The first-order chi connectivity index (χ1) is 13.7. The molecule has 1 amide bonds. The van der Waals surface area contributed by atoms with E-state index in [1.807, 2.05) is 0 Å². The molecular weight excluding hydrogens is 453 g/mol. The molecule has 1 heterocycles. The summed E-state index contributed by atoms with van der Waals surface area (Å²) in [6.45, 7) is 0. The molecule has 2 aromatic carbocycles. The number of methoxy groups -OCH3 is 1. The van der Waals surface area contributed by atoms with Crippen LogP contribution in [0.1, 0.15) is 15.9 Å². The molecule has 5 nitrogen and oxygen atoms in total. The van der Waals surface area contributed by atoms with Gasteiger partial charge in [-0.3, -0.25) is 4.79 Å². The maximum atomic E-state index is 12.9. The van der Waals surface area contributed by atoms with E-state index in [2.05, 4.69) is 26.2 Å². The van der Waals surface area contributed by atoms with Gasteiger partial charge in [0.05, 0.1) is 12.7 Å². The summed E-state index contributed by atoms with van der Waals surface area (Å²) in [5.74, 6) is -0.0713. The Balaban J connectivity index is 1.85. The van der Waals surface area contributed by atoms with Crippen LogP contribution in [0.3, 0.4) is 0 Å². The summed E-state index contributed by atoms with van der Waals surface area (Å²) in [7, 11) is 1.41. The lowest BCUT2D eigenvalue weighted by Gasteiger charge is -2.12. The van der Waals surface area contributed by atoms with E-state index < -0.39 is 17.6 Å². The van der Waals surface area contributed by atoms with Crippen molar-refractivity contribution in [2.24, 2.45) is 0 Å². The lowest BCUT2D eigenvalue weighted by molar-refractivity contribution is -0.137. The Labute approximate surface area is 172 Å². The predicted molar refractivity (Wildman–Crippen MR) is 104 cm³/mol. The molecule has 0 spiro atoms. The van der Waals surface area contributed by atoms with Gasteiger partial charge in [-0.25, -0.2) is 0 Å². The van der Waals surface area contributed by atoms with Gasteiger partial charge in [-0.15, -0.1) is 0 Å². The first-order valence-corrected chi connectivity index (χ1v) is 9.02. The summed E-state index contributed by atoms with van der Waals surface area (Å²) in [6.07, 6.45) is -4.50. The summed E-state index contributed by atoms with van der Waals surface area (Å²) < 4.78 is 50.0. The van der Waals surface area contributed by atoms with Crippen molar-refractivity contribution in [3.05, 3.63) is 76.3 Å². The second-order valence-electron chi connectivity index (χ2n) is 5.82. The van der Waals surface area contributed by atoms with Crippen molar-refractivity contribution < 1.29 is 27.4 Å². The Morgan fingerprint density at radius 1 is 1.03 bits per heavy atom. The van der Waals surface area contributed by atoms with Crippen molar-refractivity contribution in [2.75, 3.05) is 12.4 Å².